The highest BCUT2D eigenvalue weighted by molar-refractivity contribution is 7.46. The van der Waals surface area contributed by atoms with Crippen LogP contribution in [-0.2, 0) is 15.5 Å². The normalized spacial score (nSPS) is 13.5. The number of phosphoric acid groups is 1. The molecule has 0 aromatic heterocycles. The number of aryl methyl sites for hydroxylation is 1. The van der Waals surface area contributed by atoms with Crippen LogP contribution in [0, 0.1) is 0 Å². The van der Waals surface area contributed by atoms with Crippen LogP contribution < -0.4 is 0 Å². The van der Waals surface area contributed by atoms with E-state index in [4.69, 9.17) is 4.52 Å². The summed E-state index contributed by atoms with van der Waals surface area (Å²) < 4.78 is 17.7. The van der Waals surface area contributed by atoms with Crippen molar-refractivity contribution in [3.8, 4) is 0 Å². The van der Waals surface area contributed by atoms with E-state index >= 15 is 0 Å². The zero-order valence-electron chi connectivity index (χ0n) is 22.2. The van der Waals surface area contributed by atoms with E-state index in [2.05, 4.69) is 97.1 Å². The van der Waals surface area contributed by atoms with Crippen molar-refractivity contribution in [1.82, 2.24) is 0 Å². The summed E-state index contributed by atoms with van der Waals surface area (Å²) in [7, 11) is -4.73. The van der Waals surface area contributed by atoms with Crippen molar-refractivity contribution in [2.24, 2.45) is 0 Å². The first-order chi connectivity index (χ1) is 19.9. The van der Waals surface area contributed by atoms with Gasteiger partial charge in [-0.15, -0.1) is 0 Å². The van der Waals surface area contributed by atoms with Gasteiger partial charge in [0.2, 0.25) is 0 Å². The van der Waals surface area contributed by atoms with Crippen LogP contribution in [0.1, 0.15) is 30.1 Å². The van der Waals surface area contributed by atoms with Crippen molar-refractivity contribution in [3.63, 3.8) is 0 Å². The Morgan fingerprint density at radius 1 is 0.561 bits per heavy atom. The number of hydrogen-bond donors (Lipinski definition) is 2. The first kappa shape index (κ1) is 24.7. The van der Waals surface area contributed by atoms with Crippen molar-refractivity contribution >= 4 is 72.5 Å². The monoisotopic (exact) mass is 554 g/mol. The molecule has 8 aromatic carbocycles. The van der Waals surface area contributed by atoms with Gasteiger partial charge in [0.05, 0.1) is 6.10 Å². The lowest BCUT2D eigenvalue weighted by Gasteiger charge is -2.22. The van der Waals surface area contributed by atoms with E-state index in [1.165, 1.54) is 43.3 Å². The van der Waals surface area contributed by atoms with Crippen LogP contribution in [-0.4, -0.2) is 9.79 Å². The molecule has 0 amide bonds. The Hall–Kier alpha value is -4.05. The van der Waals surface area contributed by atoms with Crippen LogP contribution in [0.3, 0.4) is 0 Å². The molecule has 5 heteroatoms. The number of benzene rings is 8. The lowest BCUT2D eigenvalue weighted by Crippen LogP contribution is -2.05. The van der Waals surface area contributed by atoms with Gasteiger partial charge in [0, 0.05) is 0 Å². The number of hydrogen-bond acceptors (Lipinski definition) is 2. The fourth-order valence-corrected chi connectivity index (χ4v) is 7.51. The van der Waals surface area contributed by atoms with E-state index in [0.717, 1.165) is 45.3 Å². The van der Waals surface area contributed by atoms with Gasteiger partial charge in [0.1, 0.15) is 0 Å². The Bertz CT molecular complexity index is 2250. The topological polar surface area (TPSA) is 66.8 Å². The fourth-order valence-electron chi connectivity index (χ4n) is 6.96. The van der Waals surface area contributed by atoms with Crippen LogP contribution in [0.2, 0.25) is 0 Å². The molecule has 2 N–H and O–H groups in total. The van der Waals surface area contributed by atoms with Crippen molar-refractivity contribution in [1.29, 1.82) is 0 Å². The maximum absolute atomic E-state index is 12.2. The molecule has 41 heavy (non-hydrogen) atoms. The zero-order valence-corrected chi connectivity index (χ0v) is 23.1. The zero-order chi connectivity index (χ0) is 27.7. The van der Waals surface area contributed by atoms with Crippen molar-refractivity contribution in [2.45, 2.75) is 25.4 Å². The molecule has 0 spiro atoms. The molecular weight excluding hydrogens is 527 g/mol. The average molecular weight is 555 g/mol. The van der Waals surface area contributed by atoms with Gasteiger partial charge in [-0.05, 0) is 95.0 Å². The van der Waals surface area contributed by atoms with Crippen molar-refractivity contribution in [2.75, 3.05) is 0 Å². The first-order valence-corrected chi connectivity index (χ1v) is 15.5. The maximum atomic E-state index is 12.2. The highest BCUT2D eigenvalue weighted by Gasteiger charge is 2.26. The second-order valence-corrected chi connectivity index (χ2v) is 12.3. The second kappa shape index (κ2) is 9.24. The summed E-state index contributed by atoms with van der Waals surface area (Å²) in [5.74, 6) is 0. The third-order valence-electron chi connectivity index (χ3n) is 8.71. The lowest BCUT2D eigenvalue weighted by atomic mass is 9.88. The van der Waals surface area contributed by atoms with Crippen LogP contribution in [0.5, 0.6) is 0 Å². The Kier molecular flexibility index (Phi) is 5.57. The van der Waals surface area contributed by atoms with E-state index < -0.39 is 13.9 Å². The molecule has 200 valence electrons. The van der Waals surface area contributed by atoms with Gasteiger partial charge in [-0.3, -0.25) is 4.52 Å². The molecule has 0 saturated heterocycles. The molecule has 0 aliphatic rings. The van der Waals surface area contributed by atoms with E-state index in [0.29, 0.717) is 6.42 Å². The molecule has 0 fully saturated rings. The molecule has 8 rings (SSSR count). The van der Waals surface area contributed by atoms with Gasteiger partial charge in [-0.2, -0.15) is 0 Å². The molecule has 0 saturated carbocycles. The molecular formula is C36H27O4P. The Balaban J connectivity index is 1.18. The fraction of sp³-hybridized carbons (Fsp3) is 0.111. The van der Waals surface area contributed by atoms with Crippen LogP contribution in [0.15, 0.2) is 109 Å². The Morgan fingerprint density at radius 2 is 1.02 bits per heavy atom. The maximum Gasteiger partial charge on any atom is 0.470 e. The minimum Gasteiger partial charge on any atom is -0.303 e. The quantitative estimate of drug-likeness (QED) is 0.152. The average Bonchev–Trinajstić information content (AvgIpc) is 2.98. The standard InChI is InChI=1S/C36H27O4P/c37-41(38,39)40-32(30-20-17-28-15-13-24-6-2-8-26-18-21-31(30)36(28)34(24)26)9-3-4-22-10-11-27-14-12-23-5-1-7-25-16-19-29(22)35(27)33(23)25/h1-2,5-8,10-21,32H,3-4,9H2,(H2,37,38,39). The summed E-state index contributed by atoms with van der Waals surface area (Å²) >= 11 is 0. The van der Waals surface area contributed by atoms with Gasteiger partial charge >= 0.3 is 7.82 Å². The predicted octanol–water partition coefficient (Wildman–Crippen LogP) is 9.65. The minimum atomic E-state index is -4.73. The van der Waals surface area contributed by atoms with Gasteiger partial charge < -0.3 is 9.79 Å². The summed E-state index contributed by atoms with van der Waals surface area (Å²) in [5.41, 5.74) is 2.05. The molecule has 0 aliphatic heterocycles. The smallest absolute Gasteiger partial charge is 0.303 e. The molecule has 0 heterocycles. The van der Waals surface area contributed by atoms with Gasteiger partial charge in [-0.25, -0.2) is 4.57 Å². The van der Waals surface area contributed by atoms with E-state index in [1.54, 1.807) is 0 Å². The van der Waals surface area contributed by atoms with Gasteiger partial charge in [0.15, 0.2) is 0 Å². The molecule has 1 atom stereocenters. The molecule has 1 unspecified atom stereocenters. The van der Waals surface area contributed by atoms with E-state index in [1.807, 2.05) is 12.1 Å². The van der Waals surface area contributed by atoms with Crippen molar-refractivity contribution < 1.29 is 18.9 Å². The lowest BCUT2D eigenvalue weighted by molar-refractivity contribution is 0.126. The predicted molar refractivity (Wildman–Crippen MR) is 169 cm³/mol. The molecule has 0 bridgehead atoms. The Morgan fingerprint density at radius 3 is 1.61 bits per heavy atom. The summed E-state index contributed by atoms with van der Waals surface area (Å²) in [6.07, 6.45) is 1.24. The molecule has 0 aliphatic carbocycles. The van der Waals surface area contributed by atoms with Crippen LogP contribution >= 0.6 is 7.82 Å². The summed E-state index contributed by atoms with van der Waals surface area (Å²) in [4.78, 5) is 19.8. The minimum absolute atomic E-state index is 0.483. The number of phosphoric ester groups is 1. The second-order valence-electron chi connectivity index (χ2n) is 11.1. The van der Waals surface area contributed by atoms with E-state index in [9.17, 15) is 14.4 Å². The summed E-state index contributed by atoms with van der Waals surface area (Å²) in [5, 5.41) is 14.2. The van der Waals surface area contributed by atoms with Crippen LogP contribution in [0.4, 0.5) is 0 Å². The molecule has 0 radical (unpaired) electrons. The first-order valence-electron chi connectivity index (χ1n) is 14.0. The third-order valence-corrected chi connectivity index (χ3v) is 9.23. The summed E-state index contributed by atoms with van der Waals surface area (Å²) in [6, 6.07) is 38.3. The van der Waals surface area contributed by atoms with Crippen LogP contribution in [0.25, 0.3) is 64.6 Å². The largest absolute Gasteiger partial charge is 0.470 e. The molecule has 8 aromatic rings. The van der Waals surface area contributed by atoms with Crippen molar-refractivity contribution in [3.05, 3.63) is 120 Å². The van der Waals surface area contributed by atoms with Gasteiger partial charge in [0.25, 0.3) is 0 Å². The highest BCUT2D eigenvalue weighted by Crippen LogP contribution is 2.47. The number of rotatable bonds is 7. The Labute approximate surface area is 236 Å². The van der Waals surface area contributed by atoms with Gasteiger partial charge in [-0.1, -0.05) is 109 Å². The SMILES string of the molecule is O=P(O)(O)OC(CCCc1ccc2ccc3cccc4ccc1c2c34)c1ccc2ccc3cccc4ccc1c2c34. The molecule has 4 nitrogen and oxygen atoms in total. The summed E-state index contributed by atoms with van der Waals surface area (Å²) in [6.45, 7) is 0. The highest BCUT2D eigenvalue weighted by atomic mass is 31.2. The van der Waals surface area contributed by atoms with E-state index in [-0.39, 0.29) is 0 Å². The third kappa shape index (κ3) is 4.07.